The Hall–Kier alpha value is -3.13. The molecule has 1 amide bonds. The summed E-state index contributed by atoms with van der Waals surface area (Å²) in [4.78, 5) is 18.8. The van der Waals surface area contributed by atoms with Gasteiger partial charge in [0.2, 0.25) is 5.88 Å². The Balaban J connectivity index is 1.47. The van der Waals surface area contributed by atoms with E-state index in [-0.39, 0.29) is 12.5 Å². The van der Waals surface area contributed by atoms with Crippen molar-refractivity contribution in [3.05, 3.63) is 64.7 Å². The topological polar surface area (TPSA) is 97.7 Å². The zero-order valence-corrected chi connectivity index (χ0v) is 17.0. The van der Waals surface area contributed by atoms with Gasteiger partial charge in [-0.1, -0.05) is 25.0 Å². The standard InChI is InChI=1S/C22H26FN5O2/c1-27(25)13-19(24)15-4-5-16(18(23)10-15)11-28-12-17-6-8-26-21(20(17)22(28)29)30-9-7-14-2-3-14/h4-6,8,10,13-14H,2-3,7,9,11-12,24-25H2,1H3/b19-13-. The van der Waals surface area contributed by atoms with Crippen LogP contribution in [0.15, 0.2) is 36.7 Å². The van der Waals surface area contributed by atoms with Crippen LogP contribution in [0.2, 0.25) is 0 Å². The van der Waals surface area contributed by atoms with Gasteiger partial charge in [-0.05, 0) is 30.0 Å². The summed E-state index contributed by atoms with van der Waals surface area (Å²) in [6.45, 7) is 1.11. The lowest BCUT2D eigenvalue weighted by Gasteiger charge is -2.17. The Kier molecular flexibility index (Phi) is 5.59. The maximum atomic E-state index is 14.7. The number of hydrogen-bond donors (Lipinski definition) is 2. The summed E-state index contributed by atoms with van der Waals surface area (Å²) in [5.74, 6) is 6.06. The number of carbonyl (C=O) groups excluding carboxylic acids is 1. The average Bonchev–Trinajstić information content (AvgIpc) is 3.46. The van der Waals surface area contributed by atoms with Crippen LogP contribution in [-0.4, -0.2) is 34.5 Å². The van der Waals surface area contributed by atoms with E-state index in [0.717, 1.165) is 17.9 Å². The highest BCUT2D eigenvalue weighted by atomic mass is 19.1. The fraction of sp³-hybridized carbons (Fsp3) is 0.364. The van der Waals surface area contributed by atoms with Crippen molar-refractivity contribution in [2.24, 2.45) is 17.5 Å². The number of halogens is 1. The molecule has 0 radical (unpaired) electrons. The normalized spacial score (nSPS) is 16.0. The molecule has 0 atom stereocenters. The molecule has 158 valence electrons. The van der Waals surface area contributed by atoms with Gasteiger partial charge in [-0.15, -0.1) is 0 Å². The highest BCUT2D eigenvalue weighted by Gasteiger charge is 2.32. The Morgan fingerprint density at radius 3 is 2.90 bits per heavy atom. The maximum Gasteiger partial charge on any atom is 0.260 e. The molecule has 4 rings (SSSR count). The van der Waals surface area contributed by atoms with Crippen LogP contribution in [0.1, 0.15) is 46.3 Å². The van der Waals surface area contributed by atoms with Gasteiger partial charge in [0, 0.05) is 43.7 Å². The third-order valence-electron chi connectivity index (χ3n) is 5.42. The number of nitrogens with two attached hydrogens (primary N) is 2. The Bertz CT molecular complexity index is 987. The molecule has 0 saturated heterocycles. The van der Waals surface area contributed by atoms with Crippen molar-refractivity contribution in [2.75, 3.05) is 13.7 Å². The van der Waals surface area contributed by atoms with Crippen molar-refractivity contribution in [3.8, 4) is 5.88 Å². The summed E-state index contributed by atoms with van der Waals surface area (Å²) >= 11 is 0. The first-order chi connectivity index (χ1) is 14.4. The number of fused-ring (bicyclic) bond motifs is 1. The van der Waals surface area contributed by atoms with Crippen molar-refractivity contribution in [3.63, 3.8) is 0 Å². The van der Waals surface area contributed by atoms with E-state index >= 15 is 0 Å². The van der Waals surface area contributed by atoms with E-state index in [2.05, 4.69) is 4.98 Å². The minimum absolute atomic E-state index is 0.154. The molecule has 8 heteroatoms. The van der Waals surface area contributed by atoms with E-state index in [0.29, 0.717) is 41.4 Å². The van der Waals surface area contributed by atoms with Gasteiger partial charge in [-0.3, -0.25) is 4.79 Å². The summed E-state index contributed by atoms with van der Waals surface area (Å²) in [5.41, 5.74) is 8.57. The molecular weight excluding hydrogens is 385 g/mol. The van der Waals surface area contributed by atoms with Crippen LogP contribution in [0.5, 0.6) is 5.88 Å². The number of nitrogens with zero attached hydrogens (tertiary/aromatic N) is 3. The van der Waals surface area contributed by atoms with Gasteiger partial charge in [0.15, 0.2) is 0 Å². The van der Waals surface area contributed by atoms with Crippen molar-refractivity contribution < 1.29 is 13.9 Å². The second kappa shape index (κ2) is 8.31. The van der Waals surface area contributed by atoms with Gasteiger partial charge in [-0.25, -0.2) is 15.2 Å². The zero-order valence-electron chi connectivity index (χ0n) is 17.0. The summed E-state index contributed by atoms with van der Waals surface area (Å²) in [6, 6.07) is 6.53. The minimum atomic E-state index is -0.425. The number of amides is 1. The first-order valence-corrected chi connectivity index (χ1v) is 10.1. The quantitative estimate of drug-likeness (QED) is 0.512. The molecule has 1 aromatic carbocycles. The zero-order chi connectivity index (χ0) is 21.3. The molecule has 4 N–H and O–H groups in total. The first kappa shape index (κ1) is 20.2. The predicted molar refractivity (Wildman–Crippen MR) is 111 cm³/mol. The van der Waals surface area contributed by atoms with Crippen LogP contribution >= 0.6 is 0 Å². The van der Waals surface area contributed by atoms with Gasteiger partial charge in [0.25, 0.3) is 5.91 Å². The van der Waals surface area contributed by atoms with Gasteiger partial charge in [0.05, 0.1) is 12.3 Å². The lowest BCUT2D eigenvalue weighted by atomic mass is 10.1. The fourth-order valence-corrected chi connectivity index (χ4v) is 3.60. The molecule has 7 nitrogen and oxygen atoms in total. The second-order valence-corrected chi connectivity index (χ2v) is 7.95. The molecule has 0 bridgehead atoms. The number of rotatable bonds is 8. The molecule has 0 spiro atoms. The molecule has 1 aromatic heterocycles. The summed E-state index contributed by atoms with van der Waals surface area (Å²) < 4.78 is 20.5. The van der Waals surface area contributed by atoms with Crippen molar-refractivity contribution >= 4 is 11.6 Å². The number of aromatic nitrogens is 1. The van der Waals surface area contributed by atoms with Crippen LogP contribution in [0.25, 0.3) is 5.70 Å². The van der Waals surface area contributed by atoms with E-state index in [4.69, 9.17) is 16.3 Å². The summed E-state index contributed by atoms with van der Waals surface area (Å²) in [7, 11) is 1.63. The Labute approximate surface area is 175 Å². The van der Waals surface area contributed by atoms with Crippen LogP contribution in [0.3, 0.4) is 0 Å². The predicted octanol–water partition coefficient (Wildman–Crippen LogP) is 2.62. The Morgan fingerprint density at radius 2 is 2.20 bits per heavy atom. The molecular formula is C22H26FN5O2. The third kappa shape index (κ3) is 4.38. The van der Waals surface area contributed by atoms with Crippen LogP contribution in [-0.2, 0) is 13.1 Å². The molecule has 1 aliphatic heterocycles. The van der Waals surface area contributed by atoms with Gasteiger partial charge in [0.1, 0.15) is 11.4 Å². The largest absolute Gasteiger partial charge is 0.477 e. The maximum absolute atomic E-state index is 14.7. The lowest BCUT2D eigenvalue weighted by Crippen LogP contribution is -2.24. The molecule has 2 aliphatic rings. The third-order valence-corrected chi connectivity index (χ3v) is 5.42. The first-order valence-electron chi connectivity index (χ1n) is 10.1. The van der Waals surface area contributed by atoms with E-state index in [1.54, 1.807) is 30.3 Å². The molecule has 2 heterocycles. The number of pyridine rings is 1. The van der Waals surface area contributed by atoms with E-state index in [1.807, 2.05) is 6.07 Å². The van der Waals surface area contributed by atoms with Gasteiger partial charge in [-0.2, -0.15) is 0 Å². The van der Waals surface area contributed by atoms with E-state index in [9.17, 15) is 9.18 Å². The van der Waals surface area contributed by atoms with Crippen LogP contribution in [0.4, 0.5) is 4.39 Å². The van der Waals surface area contributed by atoms with Crippen molar-refractivity contribution in [1.82, 2.24) is 14.9 Å². The van der Waals surface area contributed by atoms with Crippen molar-refractivity contribution in [2.45, 2.75) is 32.4 Å². The summed E-state index contributed by atoms with van der Waals surface area (Å²) in [6.07, 6.45) is 6.66. The highest BCUT2D eigenvalue weighted by Crippen LogP contribution is 2.34. The number of ether oxygens (including phenoxy) is 1. The molecule has 1 aliphatic carbocycles. The van der Waals surface area contributed by atoms with E-state index in [1.165, 1.54) is 30.1 Å². The molecule has 1 saturated carbocycles. The SMILES string of the molecule is CN(N)/C=C(\N)c1ccc(CN2Cc3ccnc(OCCC4CC4)c3C2=O)c(F)c1. The van der Waals surface area contributed by atoms with Crippen LogP contribution < -0.4 is 16.3 Å². The number of hydrazine groups is 1. The fourth-order valence-electron chi connectivity index (χ4n) is 3.60. The Morgan fingerprint density at radius 1 is 1.40 bits per heavy atom. The molecule has 2 aromatic rings. The number of carbonyl (C=O) groups is 1. The monoisotopic (exact) mass is 411 g/mol. The lowest BCUT2D eigenvalue weighted by molar-refractivity contribution is 0.0761. The highest BCUT2D eigenvalue weighted by molar-refractivity contribution is 6.00. The molecule has 30 heavy (non-hydrogen) atoms. The smallest absolute Gasteiger partial charge is 0.260 e. The summed E-state index contributed by atoms with van der Waals surface area (Å²) in [5, 5.41) is 1.31. The molecule has 0 unspecified atom stereocenters. The number of benzene rings is 1. The van der Waals surface area contributed by atoms with Crippen LogP contribution in [0, 0.1) is 11.7 Å². The number of hydrogen-bond acceptors (Lipinski definition) is 6. The molecule has 1 fully saturated rings. The second-order valence-electron chi connectivity index (χ2n) is 7.95. The average molecular weight is 411 g/mol. The van der Waals surface area contributed by atoms with Gasteiger partial charge < -0.3 is 20.4 Å². The van der Waals surface area contributed by atoms with E-state index < -0.39 is 5.82 Å². The minimum Gasteiger partial charge on any atom is -0.477 e. The van der Waals surface area contributed by atoms with Gasteiger partial charge >= 0.3 is 0 Å². The van der Waals surface area contributed by atoms with Crippen molar-refractivity contribution in [1.29, 1.82) is 0 Å².